The minimum Gasteiger partial charge on any atom is -0.479 e. The summed E-state index contributed by atoms with van der Waals surface area (Å²) < 4.78 is 13.2. The molecule has 1 aromatic carbocycles. The number of hydrazine groups is 1. The average molecular weight is 255 g/mol. The normalized spacial score (nSPS) is 10.0. The van der Waals surface area contributed by atoms with E-state index < -0.39 is 11.8 Å². The Morgan fingerprint density at radius 3 is 2.76 bits per heavy atom. The number of hydrogen-bond donors (Lipinski definition) is 3. The summed E-state index contributed by atoms with van der Waals surface area (Å²) in [6.07, 6.45) is 0.860. The van der Waals surface area contributed by atoms with Crippen molar-refractivity contribution in [2.24, 2.45) is 0 Å². The quantitative estimate of drug-likeness (QED) is 0.734. The molecule has 5 nitrogen and oxygen atoms in total. The summed E-state index contributed by atoms with van der Waals surface area (Å²) in [5, 5.41) is 9.48. The molecule has 0 aliphatic rings. The molecular formula is C10H8ClFN4O. The third-order valence-corrected chi connectivity index (χ3v) is 2.25. The topological polar surface area (TPSA) is 70.1 Å². The predicted octanol–water partition coefficient (Wildman–Crippen LogP) is 2.41. The van der Waals surface area contributed by atoms with Crippen molar-refractivity contribution >= 4 is 23.1 Å². The molecule has 0 unspecified atom stereocenters. The van der Waals surface area contributed by atoms with Gasteiger partial charge >= 0.3 is 6.01 Å². The van der Waals surface area contributed by atoms with E-state index in [1.807, 2.05) is 0 Å². The van der Waals surface area contributed by atoms with Gasteiger partial charge in [0.05, 0.1) is 16.9 Å². The van der Waals surface area contributed by atoms with Crippen molar-refractivity contribution in [1.29, 1.82) is 0 Å². The van der Waals surface area contributed by atoms with E-state index in [-0.39, 0.29) is 5.82 Å². The van der Waals surface area contributed by atoms with Gasteiger partial charge in [-0.15, -0.1) is 0 Å². The zero-order valence-electron chi connectivity index (χ0n) is 8.48. The minimum atomic E-state index is -0.692. The Kier molecular flexibility index (Phi) is 3.24. The van der Waals surface area contributed by atoms with Crippen LogP contribution in [0.4, 0.5) is 15.9 Å². The second kappa shape index (κ2) is 4.84. The second-order valence-corrected chi connectivity index (χ2v) is 3.50. The Hall–Kier alpha value is -2.08. The number of halogens is 2. The lowest BCUT2D eigenvalue weighted by molar-refractivity contribution is 0.426. The van der Waals surface area contributed by atoms with Crippen molar-refractivity contribution in [3.63, 3.8) is 0 Å². The van der Waals surface area contributed by atoms with Crippen LogP contribution in [0.3, 0.4) is 0 Å². The number of aromatic nitrogens is 2. The zero-order chi connectivity index (χ0) is 12.3. The van der Waals surface area contributed by atoms with Crippen LogP contribution in [0.25, 0.3) is 0 Å². The van der Waals surface area contributed by atoms with E-state index in [0.29, 0.717) is 10.7 Å². The van der Waals surface area contributed by atoms with Gasteiger partial charge in [-0.25, -0.2) is 9.37 Å². The molecule has 1 aromatic heterocycles. The van der Waals surface area contributed by atoms with Crippen LogP contribution in [-0.4, -0.2) is 15.1 Å². The zero-order valence-corrected chi connectivity index (χ0v) is 9.24. The molecule has 2 rings (SSSR count). The Labute approximate surface area is 101 Å². The molecule has 0 radical (unpaired) electrons. The van der Waals surface area contributed by atoms with Gasteiger partial charge in [-0.1, -0.05) is 23.7 Å². The van der Waals surface area contributed by atoms with Gasteiger partial charge in [0.1, 0.15) is 0 Å². The van der Waals surface area contributed by atoms with E-state index in [1.54, 1.807) is 24.3 Å². The Morgan fingerprint density at radius 2 is 2.00 bits per heavy atom. The molecule has 0 bridgehead atoms. The fourth-order valence-corrected chi connectivity index (χ4v) is 1.32. The third kappa shape index (κ3) is 2.73. The molecule has 0 aliphatic carbocycles. The first-order valence-electron chi connectivity index (χ1n) is 4.65. The van der Waals surface area contributed by atoms with Gasteiger partial charge in [0.2, 0.25) is 0 Å². The number of nitrogens with one attached hydrogen (secondary N) is 2. The van der Waals surface area contributed by atoms with Crippen molar-refractivity contribution in [2.75, 3.05) is 10.9 Å². The highest BCUT2D eigenvalue weighted by atomic mass is 35.5. The van der Waals surface area contributed by atoms with E-state index >= 15 is 0 Å². The van der Waals surface area contributed by atoms with Gasteiger partial charge in [-0.05, 0) is 12.1 Å². The summed E-state index contributed by atoms with van der Waals surface area (Å²) in [7, 11) is 0. The monoisotopic (exact) mass is 254 g/mol. The number of para-hydroxylation sites is 1. The maximum Gasteiger partial charge on any atom is 0.316 e. The standard InChI is InChI=1S/C10H8ClFN4O/c11-6-3-1-2-4-8(6)15-16-9-7(12)5-13-10(17)14-9/h1-5,15H,(H2,13,14,16,17). The summed E-state index contributed by atoms with van der Waals surface area (Å²) in [6, 6.07) is 6.40. The van der Waals surface area contributed by atoms with Crippen LogP contribution in [0, 0.1) is 5.82 Å². The van der Waals surface area contributed by atoms with E-state index in [9.17, 15) is 4.39 Å². The average Bonchev–Trinajstić information content (AvgIpc) is 2.32. The maximum atomic E-state index is 13.2. The first kappa shape index (κ1) is 11.4. The fraction of sp³-hybridized carbons (Fsp3) is 0. The van der Waals surface area contributed by atoms with Gasteiger partial charge in [-0.3, -0.25) is 10.9 Å². The number of benzene rings is 1. The van der Waals surface area contributed by atoms with Crippen molar-refractivity contribution in [1.82, 2.24) is 9.97 Å². The highest BCUT2D eigenvalue weighted by Gasteiger charge is 2.06. The van der Waals surface area contributed by atoms with Crippen molar-refractivity contribution < 1.29 is 9.50 Å². The van der Waals surface area contributed by atoms with Crippen LogP contribution in [0.2, 0.25) is 5.02 Å². The molecular weight excluding hydrogens is 247 g/mol. The van der Waals surface area contributed by atoms with Gasteiger partial charge in [0.15, 0.2) is 11.6 Å². The van der Waals surface area contributed by atoms with Crippen LogP contribution < -0.4 is 10.9 Å². The molecule has 17 heavy (non-hydrogen) atoms. The molecule has 3 N–H and O–H groups in total. The van der Waals surface area contributed by atoms with Crippen molar-refractivity contribution in [3.8, 4) is 6.01 Å². The van der Waals surface area contributed by atoms with Gasteiger partial charge in [-0.2, -0.15) is 4.98 Å². The highest BCUT2D eigenvalue weighted by molar-refractivity contribution is 6.33. The molecule has 0 amide bonds. The lowest BCUT2D eigenvalue weighted by atomic mass is 10.3. The van der Waals surface area contributed by atoms with Crippen molar-refractivity contribution in [2.45, 2.75) is 0 Å². The molecule has 0 saturated heterocycles. The first-order valence-corrected chi connectivity index (χ1v) is 5.02. The summed E-state index contributed by atoms with van der Waals surface area (Å²) in [4.78, 5) is 6.76. The molecule has 0 aliphatic heterocycles. The molecule has 0 atom stereocenters. The SMILES string of the molecule is Oc1ncc(F)c(NNc2ccccc2Cl)n1. The highest BCUT2D eigenvalue weighted by Crippen LogP contribution is 2.21. The minimum absolute atomic E-state index is 0.169. The first-order chi connectivity index (χ1) is 8.16. The van der Waals surface area contributed by atoms with Crippen LogP contribution in [-0.2, 0) is 0 Å². The largest absolute Gasteiger partial charge is 0.479 e. The molecule has 0 fully saturated rings. The Bertz CT molecular complexity index is 537. The molecule has 2 aromatic rings. The fourth-order valence-electron chi connectivity index (χ4n) is 1.13. The summed E-state index contributed by atoms with van der Waals surface area (Å²) >= 11 is 5.88. The number of anilines is 2. The van der Waals surface area contributed by atoms with E-state index in [2.05, 4.69) is 20.8 Å². The summed E-state index contributed by atoms with van der Waals surface area (Å²) in [5.74, 6) is -0.861. The van der Waals surface area contributed by atoms with Gasteiger partial charge < -0.3 is 5.11 Å². The maximum absolute atomic E-state index is 13.2. The molecule has 0 spiro atoms. The lowest BCUT2D eigenvalue weighted by Crippen LogP contribution is -2.12. The van der Waals surface area contributed by atoms with E-state index in [0.717, 1.165) is 6.20 Å². The smallest absolute Gasteiger partial charge is 0.316 e. The third-order valence-electron chi connectivity index (χ3n) is 1.92. The van der Waals surface area contributed by atoms with Crippen LogP contribution in [0.1, 0.15) is 0 Å². The predicted molar refractivity (Wildman–Crippen MR) is 62.4 cm³/mol. The molecule has 1 heterocycles. The Balaban J connectivity index is 2.12. The summed E-state index contributed by atoms with van der Waals surface area (Å²) in [6.45, 7) is 0. The van der Waals surface area contributed by atoms with E-state index in [1.165, 1.54) is 0 Å². The number of rotatable bonds is 3. The van der Waals surface area contributed by atoms with Crippen LogP contribution in [0.5, 0.6) is 6.01 Å². The van der Waals surface area contributed by atoms with Crippen molar-refractivity contribution in [3.05, 3.63) is 41.3 Å². The van der Waals surface area contributed by atoms with Gasteiger partial charge in [0.25, 0.3) is 0 Å². The number of hydrogen-bond acceptors (Lipinski definition) is 5. The molecule has 0 saturated carbocycles. The number of nitrogens with zero attached hydrogens (tertiary/aromatic N) is 2. The molecule has 88 valence electrons. The molecule has 7 heteroatoms. The van der Waals surface area contributed by atoms with E-state index in [4.69, 9.17) is 16.7 Å². The van der Waals surface area contributed by atoms with Crippen LogP contribution >= 0.6 is 11.6 Å². The van der Waals surface area contributed by atoms with Crippen LogP contribution in [0.15, 0.2) is 30.5 Å². The summed E-state index contributed by atoms with van der Waals surface area (Å²) in [5.41, 5.74) is 5.73. The second-order valence-electron chi connectivity index (χ2n) is 3.10. The Morgan fingerprint density at radius 1 is 1.24 bits per heavy atom. The van der Waals surface area contributed by atoms with Gasteiger partial charge in [0, 0.05) is 0 Å². The number of aromatic hydroxyl groups is 1. The lowest BCUT2D eigenvalue weighted by Gasteiger charge is -2.10.